The number of nitrogens with zero attached hydrogens (tertiary/aromatic N) is 3. The van der Waals surface area contributed by atoms with Crippen LogP contribution in [-0.4, -0.2) is 33.6 Å². The number of carbonyl (C=O) groups excluding carboxylic acids is 2. The molecule has 1 aromatic heterocycles. The molecule has 1 aliphatic rings. The van der Waals surface area contributed by atoms with E-state index in [1.807, 2.05) is 38.1 Å². The van der Waals surface area contributed by atoms with E-state index in [0.29, 0.717) is 28.0 Å². The molecular formula is C30H26FN3O4S2. The highest BCUT2D eigenvalue weighted by Crippen LogP contribution is 2.44. The minimum Gasteiger partial charge on any atom is -0.507 e. The van der Waals surface area contributed by atoms with Crippen LogP contribution in [0.4, 0.5) is 9.52 Å². The standard InChI is InChI=1S/C30H26FN3O4S2/c1-3-16-38-23-14-10-20(11-15-23)25-24(26(35)21-8-12-22(31)13-9-21)27(36)28(37)34(25)29-32-33-30(40-29)39-17-19-6-4-18(2)5-7-19/h4-15,25,35H,3,16-17H2,1-2H3/b26-24-. The van der Waals surface area contributed by atoms with Crippen molar-refractivity contribution in [3.05, 3.63) is 106 Å². The lowest BCUT2D eigenvalue weighted by atomic mass is 9.95. The maximum atomic E-state index is 13.6. The van der Waals surface area contributed by atoms with Gasteiger partial charge < -0.3 is 9.84 Å². The lowest BCUT2D eigenvalue weighted by molar-refractivity contribution is -0.132. The van der Waals surface area contributed by atoms with E-state index in [4.69, 9.17) is 4.74 Å². The first-order valence-corrected chi connectivity index (χ1v) is 14.5. The molecule has 204 valence electrons. The second-order valence-electron chi connectivity index (χ2n) is 9.22. The summed E-state index contributed by atoms with van der Waals surface area (Å²) in [5.74, 6) is -1.25. The minimum absolute atomic E-state index is 0.108. The highest BCUT2D eigenvalue weighted by atomic mass is 32.2. The second kappa shape index (κ2) is 12.0. The highest BCUT2D eigenvalue weighted by Gasteiger charge is 2.48. The predicted octanol–water partition coefficient (Wildman–Crippen LogP) is 6.69. The number of rotatable bonds is 9. The molecular weight excluding hydrogens is 549 g/mol. The molecule has 10 heteroatoms. The van der Waals surface area contributed by atoms with Gasteiger partial charge in [-0.2, -0.15) is 0 Å². The van der Waals surface area contributed by atoms with Gasteiger partial charge in [0, 0.05) is 11.3 Å². The van der Waals surface area contributed by atoms with Crippen molar-refractivity contribution in [1.82, 2.24) is 10.2 Å². The molecule has 0 radical (unpaired) electrons. The number of aromatic nitrogens is 2. The van der Waals surface area contributed by atoms with E-state index in [-0.39, 0.29) is 16.3 Å². The Hall–Kier alpha value is -4.02. The van der Waals surface area contributed by atoms with Crippen LogP contribution < -0.4 is 9.64 Å². The highest BCUT2D eigenvalue weighted by molar-refractivity contribution is 8.00. The van der Waals surface area contributed by atoms with Gasteiger partial charge in [0.1, 0.15) is 17.3 Å². The molecule has 1 aliphatic heterocycles. The fourth-order valence-corrected chi connectivity index (χ4v) is 6.09. The van der Waals surface area contributed by atoms with Gasteiger partial charge in [-0.05, 0) is 60.9 Å². The molecule has 0 aliphatic carbocycles. The molecule has 1 amide bonds. The third-order valence-electron chi connectivity index (χ3n) is 6.32. The number of thioether (sulfide) groups is 1. The first-order chi connectivity index (χ1) is 19.4. The molecule has 1 atom stereocenters. The average molecular weight is 576 g/mol. The normalized spacial score (nSPS) is 16.5. The lowest BCUT2D eigenvalue weighted by Gasteiger charge is -2.22. The third kappa shape index (κ3) is 5.78. The Morgan fingerprint density at radius 3 is 2.40 bits per heavy atom. The van der Waals surface area contributed by atoms with Crippen LogP contribution in [0.3, 0.4) is 0 Å². The summed E-state index contributed by atoms with van der Waals surface area (Å²) in [5, 5.41) is 19.9. The van der Waals surface area contributed by atoms with Gasteiger partial charge in [-0.15, -0.1) is 10.2 Å². The van der Waals surface area contributed by atoms with Crippen molar-refractivity contribution in [3.8, 4) is 5.75 Å². The summed E-state index contributed by atoms with van der Waals surface area (Å²) in [7, 11) is 0. The zero-order chi connectivity index (χ0) is 28.2. The van der Waals surface area contributed by atoms with Gasteiger partial charge in [-0.25, -0.2) is 4.39 Å². The quantitative estimate of drug-likeness (QED) is 0.0781. The molecule has 1 fully saturated rings. The first kappa shape index (κ1) is 27.5. The fraction of sp³-hybridized carbons (Fsp3) is 0.200. The molecule has 1 saturated heterocycles. The summed E-state index contributed by atoms with van der Waals surface area (Å²) in [6, 6.07) is 19.3. The van der Waals surface area contributed by atoms with Crippen LogP contribution >= 0.6 is 23.1 Å². The van der Waals surface area contributed by atoms with Gasteiger partial charge >= 0.3 is 5.91 Å². The van der Waals surface area contributed by atoms with Crippen molar-refractivity contribution in [3.63, 3.8) is 0 Å². The van der Waals surface area contributed by atoms with Crippen LogP contribution in [0.5, 0.6) is 5.75 Å². The molecule has 0 saturated carbocycles. The second-order valence-corrected chi connectivity index (χ2v) is 11.4. The van der Waals surface area contributed by atoms with Gasteiger partial charge in [0.2, 0.25) is 5.13 Å². The maximum absolute atomic E-state index is 13.6. The number of aryl methyl sites for hydroxylation is 1. The van der Waals surface area contributed by atoms with Gasteiger partial charge in [-0.3, -0.25) is 14.5 Å². The van der Waals surface area contributed by atoms with Crippen molar-refractivity contribution in [2.45, 2.75) is 36.4 Å². The lowest BCUT2D eigenvalue weighted by Crippen LogP contribution is -2.29. The van der Waals surface area contributed by atoms with E-state index in [2.05, 4.69) is 10.2 Å². The largest absolute Gasteiger partial charge is 0.507 e. The number of anilines is 1. The van der Waals surface area contributed by atoms with E-state index in [0.717, 1.165) is 12.0 Å². The Bertz CT molecular complexity index is 1550. The summed E-state index contributed by atoms with van der Waals surface area (Å²) >= 11 is 2.68. The number of benzene rings is 3. The van der Waals surface area contributed by atoms with E-state index in [9.17, 15) is 19.1 Å². The number of aliphatic hydroxyl groups excluding tert-OH is 1. The van der Waals surface area contributed by atoms with Gasteiger partial charge in [0.05, 0.1) is 18.2 Å². The zero-order valence-corrected chi connectivity index (χ0v) is 23.5. The number of amides is 1. The van der Waals surface area contributed by atoms with Gasteiger partial charge in [-0.1, -0.05) is 72.0 Å². The molecule has 3 aromatic carbocycles. The van der Waals surface area contributed by atoms with Crippen molar-refractivity contribution >= 4 is 45.7 Å². The number of hydrogen-bond donors (Lipinski definition) is 1. The number of aliphatic hydroxyl groups is 1. The number of carbonyl (C=O) groups is 2. The number of Topliss-reactive ketones (excluding diaryl/α,β-unsaturated/α-hetero) is 1. The van der Waals surface area contributed by atoms with Crippen LogP contribution in [0.1, 0.15) is 41.6 Å². The fourth-order valence-electron chi connectivity index (χ4n) is 4.26. The zero-order valence-electron chi connectivity index (χ0n) is 21.8. The van der Waals surface area contributed by atoms with Crippen LogP contribution in [0.25, 0.3) is 5.76 Å². The predicted molar refractivity (Wildman–Crippen MR) is 154 cm³/mol. The van der Waals surface area contributed by atoms with Crippen molar-refractivity contribution in [1.29, 1.82) is 0 Å². The van der Waals surface area contributed by atoms with E-state index < -0.39 is 29.3 Å². The Kier molecular flexibility index (Phi) is 8.27. The molecule has 1 unspecified atom stereocenters. The number of ketones is 1. The smallest absolute Gasteiger partial charge is 0.301 e. The number of hydrogen-bond acceptors (Lipinski definition) is 8. The summed E-state index contributed by atoms with van der Waals surface area (Å²) in [5.41, 5.74) is 2.99. The minimum atomic E-state index is -0.965. The van der Waals surface area contributed by atoms with Crippen molar-refractivity contribution in [2.24, 2.45) is 0 Å². The van der Waals surface area contributed by atoms with Crippen LogP contribution in [0, 0.1) is 12.7 Å². The van der Waals surface area contributed by atoms with E-state index in [1.165, 1.54) is 57.8 Å². The van der Waals surface area contributed by atoms with Crippen LogP contribution in [-0.2, 0) is 15.3 Å². The Morgan fingerprint density at radius 2 is 1.73 bits per heavy atom. The first-order valence-electron chi connectivity index (χ1n) is 12.7. The molecule has 40 heavy (non-hydrogen) atoms. The van der Waals surface area contributed by atoms with Gasteiger partial charge in [0.25, 0.3) is 5.78 Å². The average Bonchev–Trinajstić information content (AvgIpc) is 3.54. The Labute approximate surface area is 239 Å². The third-order valence-corrected chi connectivity index (χ3v) is 8.44. The summed E-state index contributed by atoms with van der Waals surface area (Å²) in [6.45, 7) is 4.59. The Balaban J connectivity index is 1.51. The monoisotopic (exact) mass is 575 g/mol. The van der Waals surface area contributed by atoms with Gasteiger partial charge in [0.15, 0.2) is 4.34 Å². The molecule has 0 spiro atoms. The molecule has 4 aromatic rings. The summed E-state index contributed by atoms with van der Waals surface area (Å²) < 4.78 is 19.9. The molecule has 7 nitrogen and oxygen atoms in total. The summed E-state index contributed by atoms with van der Waals surface area (Å²) in [6.07, 6.45) is 0.848. The van der Waals surface area contributed by atoms with Crippen molar-refractivity contribution < 1.29 is 23.8 Å². The molecule has 1 N–H and O–H groups in total. The van der Waals surface area contributed by atoms with E-state index >= 15 is 0 Å². The number of ether oxygens (including phenoxy) is 1. The van der Waals surface area contributed by atoms with Crippen LogP contribution in [0.15, 0.2) is 82.7 Å². The maximum Gasteiger partial charge on any atom is 0.301 e. The summed E-state index contributed by atoms with van der Waals surface area (Å²) in [4.78, 5) is 28.0. The Morgan fingerprint density at radius 1 is 1.02 bits per heavy atom. The van der Waals surface area contributed by atoms with Crippen molar-refractivity contribution in [2.75, 3.05) is 11.5 Å². The molecule has 5 rings (SSSR count). The molecule has 0 bridgehead atoms. The molecule has 2 heterocycles. The number of halogens is 1. The SMILES string of the molecule is CCCOc1ccc(C2/C(=C(/O)c3ccc(F)cc3)C(=O)C(=O)N2c2nnc(SCc3ccc(C)cc3)s2)cc1. The van der Waals surface area contributed by atoms with E-state index in [1.54, 1.807) is 24.3 Å². The van der Waals surface area contributed by atoms with Crippen LogP contribution in [0.2, 0.25) is 0 Å². The topological polar surface area (TPSA) is 92.6 Å².